The fraction of sp³-hybridized carbons (Fsp3) is 0.158. The van der Waals surface area contributed by atoms with E-state index in [1.165, 1.54) is 12.1 Å². The molecule has 0 aliphatic heterocycles. The van der Waals surface area contributed by atoms with Crippen LogP contribution in [-0.2, 0) is 0 Å². The van der Waals surface area contributed by atoms with Gasteiger partial charge in [-0.25, -0.2) is 14.4 Å². The van der Waals surface area contributed by atoms with Gasteiger partial charge in [0, 0.05) is 11.8 Å². The van der Waals surface area contributed by atoms with Gasteiger partial charge in [0.15, 0.2) is 0 Å². The number of benzene rings is 2. The highest BCUT2D eigenvalue weighted by molar-refractivity contribution is 5.67. The summed E-state index contributed by atoms with van der Waals surface area (Å²) in [6.45, 7) is 4.34. The molecular weight excluding hydrogens is 319 g/mol. The Hall–Kier alpha value is -3.15. The van der Waals surface area contributed by atoms with Gasteiger partial charge in [-0.05, 0) is 50.2 Å². The van der Waals surface area contributed by atoms with Crippen molar-refractivity contribution in [1.29, 1.82) is 0 Å². The van der Waals surface area contributed by atoms with Crippen molar-refractivity contribution < 1.29 is 9.13 Å². The van der Waals surface area contributed by atoms with Crippen LogP contribution in [0.15, 0.2) is 54.6 Å². The first-order chi connectivity index (χ1) is 12.1. The average Bonchev–Trinajstić information content (AvgIpc) is 2.58. The molecule has 5 nitrogen and oxygen atoms in total. The van der Waals surface area contributed by atoms with Crippen LogP contribution >= 0.6 is 0 Å². The van der Waals surface area contributed by atoms with Gasteiger partial charge in [-0.3, -0.25) is 0 Å². The van der Waals surface area contributed by atoms with Crippen molar-refractivity contribution in [2.75, 3.05) is 17.2 Å². The Morgan fingerprint density at radius 2 is 1.64 bits per heavy atom. The summed E-state index contributed by atoms with van der Waals surface area (Å²) in [6, 6.07) is 15.6. The van der Waals surface area contributed by atoms with E-state index in [-0.39, 0.29) is 5.82 Å². The predicted octanol–water partition coefficient (Wildman–Crippen LogP) is 4.81. The van der Waals surface area contributed by atoms with Crippen LogP contribution < -0.4 is 15.4 Å². The number of hydrogen-bond acceptors (Lipinski definition) is 5. The molecule has 0 spiro atoms. The van der Waals surface area contributed by atoms with Crippen molar-refractivity contribution in [2.45, 2.75) is 13.8 Å². The third-order valence-corrected chi connectivity index (χ3v) is 3.40. The maximum absolute atomic E-state index is 13.0. The third-order valence-electron chi connectivity index (χ3n) is 3.40. The normalized spacial score (nSPS) is 10.4. The zero-order chi connectivity index (χ0) is 17.6. The van der Waals surface area contributed by atoms with E-state index < -0.39 is 0 Å². The number of para-hydroxylation sites is 2. The van der Waals surface area contributed by atoms with Crippen molar-refractivity contribution in [3.8, 4) is 5.75 Å². The van der Waals surface area contributed by atoms with Gasteiger partial charge in [-0.1, -0.05) is 12.1 Å². The molecule has 0 radical (unpaired) electrons. The van der Waals surface area contributed by atoms with Crippen LogP contribution in [-0.4, -0.2) is 16.6 Å². The molecule has 0 aliphatic carbocycles. The highest BCUT2D eigenvalue weighted by Gasteiger charge is 2.07. The third kappa shape index (κ3) is 4.44. The van der Waals surface area contributed by atoms with Crippen molar-refractivity contribution in [3.63, 3.8) is 0 Å². The number of rotatable bonds is 6. The maximum Gasteiger partial charge on any atom is 0.142 e. The zero-order valence-electron chi connectivity index (χ0n) is 14.1. The SMILES string of the molecule is CCOc1ccccc1Nc1cc(Nc2ccc(F)cc2)nc(C)n1. The lowest BCUT2D eigenvalue weighted by molar-refractivity contribution is 0.342. The van der Waals surface area contributed by atoms with Gasteiger partial charge in [0.05, 0.1) is 12.3 Å². The van der Waals surface area contributed by atoms with E-state index in [1.807, 2.05) is 38.1 Å². The van der Waals surface area contributed by atoms with Gasteiger partial charge in [0.2, 0.25) is 0 Å². The van der Waals surface area contributed by atoms with Crippen LogP contribution in [0.5, 0.6) is 5.75 Å². The highest BCUT2D eigenvalue weighted by atomic mass is 19.1. The molecule has 3 rings (SSSR count). The quantitative estimate of drug-likeness (QED) is 0.675. The number of hydrogen-bond donors (Lipinski definition) is 2. The Bertz CT molecular complexity index is 852. The summed E-state index contributed by atoms with van der Waals surface area (Å²) in [5, 5.41) is 6.41. The summed E-state index contributed by atoms with van der Waals surface area (Å²) >= 11 is 0. The lowest BCUT2D eigenvalue weighted by Gasteiger charge is -2.13. The van der Waals surface area contributed by atoms with Crippen molar-refractivity contribution in [2.24, 2.45) is 0 Å². The van der Waals surface area contributed by atoms with E-state index in [2.05, 4.69) is 20.6 Å². The molecule has 0 saturated carbocycles. The molecule has 25 heavy (non-hydrogen) atoms. The monoisotopic (exact) mass is 338 g/mol. The van der Waals surface area contributed by atoms with E-state index in [1.54, 1.807) is 18.2 Å². The van der Waals surface area contributed by atoms with Gasteiger partial charge < -0.3 is 15.4 Å². The number of halogens is 1. The second-order valence-electron chi connectivity index (χ2n) is 5.37. The Labute approximate surface area is 145 Å². The highest BCUT2D eigenvalue weighted by Crippen LogP contribution is 2.27. The molecule has 0 fully saturated rings. The molecule has 6 heteroatoms. The summed E-state index contributed by atoms with van der Waals surface area (Å²) in [6.07, 6.45) is 0. The van der Waals surface area contributed by atoms with E-state index >= 15 is 0 Å². The van der Waals surface area contributed by atoms with E-state index in [4.69, 9.17) is 4.74 Å². The van der Waals surface area contributed by atoms with E-state index in [9.17, 15) is 4.39 Å². The first kappa shape index (κ1) is 16.7. The van der Waals surface area contributed by atoms with Gasteiger partial charge in [0.1, 0.15) is 29.0 Å². The smallest absolute Gasteiger partial charge is 0.142 e. The average molecular weight is 338 g/mol. The lowest BCUT2D eigenvalue weighted by atomic mass is 10.3. The predicted molar refractivity (Wildman–Crippen MR) is 97.3 cm³/mol. The Morgan fingerprint density at radius 3 is 2.36 bits per heavy atom. The fourth-order valence-electron chi connectivity index (χ4n) is 2.37. The van der Waals surface area contributed by atoms with Gasteiger partial charge in [-0.2, -0.15) is 0 Å². The molecule has 128 valence electrons. The molecular formula is C19H19FN4O. The lowest BCUT2D eigenvalue weighted by Crippen LogP contribution is -2.03. The minimum absolute atomic E-state index is 0.278. The van der Waals surface area contributed by atoms with Crippen LogP contribution in [0.25, 0.3) is 0 Å². The largest absolute Gasteiger partial charge is 0.492 e. The number of aryl methyl sites for hydroxylation is 1. The van der Waals surface area contributed by atoms with E-state index in [0.717, 1.165) is 17.1 Å². The number of nitrogens with one attached hydrogen (secondary N) is 2. The minimum Gasteiger partial charge on any atom is -0.492 e. The molecule has 0 unspecified atom stereocenters. The molecule has 2 aromatic carbocycles. The minimum atomic E-state index is -0.278. The van der Waals surface area contributed by atoms with Crippen molar-refractivity contribution in [1.82, 2.24) is 9.97 Å². The fourth-order valence-corrected chi connectivity index (χ4v) is 2.37. The summed E-state index contributed by atoms with van der Waals surface area (Å²) in [5.74, 6) is 2.36. The zero-order valence-corrected chi connectivity index (χ0v) is 14.1. The van der Waals surface area contributed by atoms with Crippen LogP contribution in [0.3, 0.4) is 0 Å². The topological polar surface area (TPSA) is 59.1 Å². The summed E-state index contributed by atoms with van der Waals surface area (Å²) in [5.41, 5.74) is 1.58. The first-order valence-electron chi connectivity index (χ1n) is 8.01. The Kier molecular flexibility index (Phi) is 5.09. The van der Waals surface area contributed by atoms with Gasteiger partial charge in [-0.15, -0.1) is 0 Å². The molecule has 0 atom stereocenters. The maximum atomic E-state index is 13.0. The number of aromatic nitrogens is 2. The van der Waals surface area contributed by atoms with E-state index in [0.29, 0.717) is 24.1 Å². The van der Waals surface area contributed by atoms with Crippen molar-refractivity contribution in [3.05, 3.63) is 66.2 Å². The second-order valence-corrected chi connectivity index (χ2v) is 5.37. The first-order valence-corrected chi connectivity index (χ1v) is 8.01. The standard InChI is InChI=1S/C19H19FN4O/c1-3-25-17-7-5-4-6-16(17)24-19-12-18(21-13(2)22-19)23-15-10-8-14(20)9-11-15/h4-12H,3H2,1-2H3,(H2,21,22,23,24). The molecule has 1 aromatic heterocycles. The summed E-state index contributed by atoms with van der Waals surface area (Å²) < 4.78 is 18.6. The second kappa shape index (κ2) is 7.61. The Morgan fingerprint density at radius 1 is 0.960 bits per heavy atom. The summed E-state index contributed by atoms with van der Waals surface area (Å²) in [4.78, 5) is 8.77. The van der Waals surface area contributed by atoms with Crippen LogP contribution in [0.4, 0.5) is 27.4 Å². The molecule has 1 heterocycles. The molecule has 3 aromatic rings. The summed E-state index contributed by atoms with van der Waals surface area (Å²) in [7, 11) is 0. The molecule has 0 aliphatic rings. The number of nitrogens with zero attached hydrogens (tertiary/aromatic N) is 2. The number of ether oxygens (including phenoxy) is 1. The molecule has 0 saturated heterocycles. The molecule has 0 amide bonds. The number of anilines is 4. The van der Waals surface area contributed by atoms with Crippen LogP contribution in [0.2, 0.25) is 0 Å². The molecule has 2 N–H and O–H groups in total. The molecule has 0 bridgehead atoms. The Balaban J connectivity index is 1.83. The van der Waals surface area contributed by atoms with Gasteiger partial charge >= 0.3 is 0 Å². The van der Waals surface area contributed by atoms with Crippen molar-refractivity contribution >= 4 is 23.0 Å². The van der Waals surface area contributed by atoms with Gasteiger partial charge in [0.25, 0.3) is 0 Å². The van der Waals surface area contributed by atoms with Crippen LogP contribution in [0, 0.1) is 12.7 Å². The van der Waals surface area contributed by atoms with Crippen LogP contribution in [0.1, 0.15) is 12.7 Å².